The van der Waals surface area contributed by atoms with Gasteiger partial charge in [-0.2, -0.15) is 0 Å². The summed E-state index contributed by atoms with van der Waals surface area (Å²) in [5, 5.41) is 0. The van der Waals surface area contributed by atoms with Crippen LogP contribution in [0.25, 0.3) is 0 Å². The number of ether oxygens (including phenoxy) is 2. The molecule has 2 unspecified atom stereocenters. The van der Waals surface area contributed by atoms with Gasteiger partial charge in [-0.05, 0) is 18.6 Å². The van der Waals surface area contributed by atoms with Crippen LogP contribution in [0.2, 0.25) is 0 Å². The molecule has 2 heterocycles. The van der Waals surface area contributed by atoms with E-state index in [-0.39, 0.29) is 18.1 Å². The smallest absolute Gasteiger partial charge is 0.239 e. The second-order valence-electron chi connectivity index (χ2n) is 6.87. The zero-order valence-corrected chi connectivity index (χ0v) is 15.0. The molecule has 1 amide bonds. The molecule has 1 saturated heterocycles. The van der Waals surface area contributed by atoms with Crippen LogP contribution in [0, 0.1) is 0 Å². The van der Waals surface area contributed by atoms with Crippen LogP contribution >= 0.6 is 0 Å². The van der Waals surface area contributed by atoms with Gasteiger partial charge in [-0.3, -0.25) is 9.69 Å². The van der Waals surface area contributed by atoms with Crippen molar-refractivity contribution >= 4 is 5.91 Å². The van der Waals surface area contributed by atoms with E-state index >= 15 is 0 Å². The third-order valence-corrected chi connectivity index (χ3v) is 4.90. The molecule has 1 aromatic rings. The number of fused-ring (bicyclic) bond motifs is 1. The van der Waals surface area contributed by atoms with E-state index < -0.39 is 0 Å². The summed E-state index contributed by atoms with van der Waals surface area (Å²) < 4.78 is 11.8. The van der Waals surface area contributed by atoms with E-state index in [0.29, 0.717) is 6.61 Å². The summed E-state index contributed by atoms with van der Waals surface area (Å²) in [5.74, 6) is 1.73. The van der Waals surface area contributed by atoms with E-state index in [2.05, 4.69) is 11.8 Å². The van der Waals surface area contributed by atoms with Crippen LogP contribution < -0.4 is 15.2 Å². The normalized spacial score (nSPS) is 21.8. The van der Waals surface area contributed by atoms with Crippen molar-refractivity contribution in [1.82, 2.24) is 9.80 Å². The van der Waals surface area contributed by atoms with Crippen LogP contribution in [0.1, 0.15) is 26.2 Å². The molecule has 138 valence electrons. The molecular formula is C19H29N3O3. The van der Waals surface area contributed by atoms with Crippen molar-refractivity contribution in [1.29, 1.82) is 0 Å². The molecule has 1 aromatic carbocycles. The van der Waals surface area contributed by atoms with Crippen molar-refractivity contribution in [3.63, 3.8) is 0 Å². The quantitative estimate of drug-likeness (QED) is 0.844. The third-order valence-electron chi connectivity index (χ3n) is 4.90. The molecule has 2 atom stereocenters. The van der Waals surface area contributed by atoms with Crippen LogP contribution in [0.4, 0.5) is 0 Å². The molecule has 2 aliphatic rings. The number of nitrogens with two attached hydrogens (primary N) is 1. The van der Waals surface area contributed by atoms with E-state index in [0.717, 1.165) is 63.5 Å². The Morgan fingerprint density at radius 3 is 2.68 bits per heavy atom. The van der Waals surface area contributed by atoms with Gasteiger partial charge in [-0.25, -0.2) is 0 Å². The molecule has 25 heavy (non-hydrogen) atoms. The number of para-hydroxylation sites is 2. The number of benzene rings is 1. The number of carbonyl (C=O) groups excluding carboxylic acids is 1. The Labute approximate surface area is 149 Å². The first-order valence-corrected chi connectivity index (χ1v) is 9.32. The third kappa shape index (κ3) is 4.64. The predicted octanol–water partition coefficient (Wildman–Crippen LogP) is 1.49. The average molecular weight is 347 g/mol. The Morgan fingerprint density at radius 1 is 1.24 bits per heavy atom. The van der Waals surface area contributed by atoms with Crippen molar-refractivity contribution in [2.24, 2.45) is 5.73 Å². The van der Waals surface area contributed by atoms with Crippen molar-refractivity contribution in [2.45, 2.75) is 38.3 Å². The van der Waals surface area contributed by atoms with E-state index in [1.807, 2.05) is 29.2 Å². The van der Waals surface area contributed by atoms with Gasteiger partial charge in [0.1, 0.15) is 12.7 Å². The first kappa shape index (κ1) is 18.0. The molecule has 2 aliphatic heterocycles. The Balaban J connectivity index is 1.43. The fourth-order valence-electron chi connectivity index (χ4n) is 3.37. The highest BCUT2D eigenvalue weighted by molar-refractivity contribution is 5.81. The van der Waals surface area contributed by atoms with Crippen LogP contribution in [-0.4, -0.2) is 67.2 Å². The molecule has 0 bridgehead atoms. The number of unbranched alkanes of at least 4 members (excludes halogenated alkanes) is 1. The van der Waals surface area contributed by atoms with E-state index in [1.165, 1.54) is 0 Å². The Bertz CT molecular complexity index is 573. The van der Waals surface area contributed by atoms with Crippen molar-refractivity contribution < 1.29 is 14.3 Å². The molecule has 0 aliphatic carbocycles. The van der Waals surface area contributed by atoms with Crippen LogP contribution in [0.5, 0.6) is 11.5 Å². The number of amides is 1. The molecule has 1 fully saturated rings. The summed E-state index contributed by atoms with van der Waals surface area (Å²) >= 11 is 0. The molecule has 6 nitrogen and oxygen atoms in total. The minimum atomic E-state index is -0.349. The predicted molar refractivity (Wildman–Crippen MR) is 96.9 cm³/mol. The highest BCUT2D eigenvalue weighted by atomic mass is 16.6. The summed E-state index contributed by atoms with van der Waals surface area (Å²) in [7, 11) is 0. The molecular weight excluding hydrogens is 318 g/mol. The number of piperazine rings is 1. The second kappa shape index (κ2) is 8.54. The summed E-state index contributed by atoms with van der Waals surface area (Å²) in [6.45, 7) is 6.69. The van der Waals surface area contributed by atoms with Gasteiger partial charge < -0.3 is 20.1 Å². The summed E-state index contributed by atoms with van der Waals surface area (Å²) in [4.78, 5) is 16.6. The summed E-state index contributed by atoms with van der Waals surface area (Å²) in [6.07, 6.45) is 2.89. The van der Waals surface area contributed by atoms with E-state index in [9.17, 15) is 4.79 Å². The van der Waals surface area contributed by atoms with Gasteiger partial charge in [0.25, 0.3) is 0 Å². The minimum absolute atomic E-state index is 0.0314. The zero-order chi connectivity index (χ0) is 17.6. The van der Waals surface area contributed by atoms with Gasteiger partial charge in [0.2, 0.25) is 5.91 Å². The monoisotopic (exact) mass is 347 g/mol. The summed E-state index contributed by atoms with van der Waals surface area (Å²) in [6, 6.07) is 7.42. The number of rotatable bonds is 6. The fourth-order valence-corrected chi connectivity index (χ4v) is 3.37. The van der Waals surface area contributed by atoms with E-state index in [4.69, 9.17) is 15.2 Å². The van der Waals surface area contributed by atoms with Gasteiger partial charge in [-0.15, -0.1) is 0 Å². The lowest BCUT2D eigenvalue weighted by Crippen LogP contribution is -2.55. The lowest BCUT2D eigenvalue weighted by molar-refractivity contribution is -0.134. The highest BCUT2D eigenvalue weighted by Gasteiger charge is 2.28. The Hall–Kier alpha value is -1.79. The first-order chi connectivity index (χ1) is 12.2. The standard InChI is InChI=1S/C19H29N3O3/c1-2-3-6-16(20)19(23)22-11-9-21(10-12-22)13-15-14-24-17-7-4-5-8-18(17)25-15/h4-5,7-8,15-16H,2-3,6,9-14,20H2,1H3. The Morgan fingerprint density at radius 2 is 1.96 bits per heavy atom. The summed E-state index contributed by atoms with van der Waals surface area (Å²) in [5.41, 5.74) is 6.02. The molecule has 0 aromatic heterocycles. The van der Waals surface area contributed by atoms with Crippen LogP contribution in [0.15, 0.2) is 24.3 Å². The SMILES string of the molecule is CCCCC(N)C(=O)N1CCN(CC2COc3ccccc3O2)CC1. The Kier molecular flexibility index (Phi) is 6.15. The van der Waals surface area contributed by atoms with Gasteiger partial charge >= 0.3 is 0 Å². The van der Waals surface area contributed by atoms with E-state index in [1.54, 1.807) is 0 Å². The number of hydrogen-bond donors (Lipinski definition) is 1. The van der Waals surface area contributed by atoms with Gasteiger partial charge in [0, 0.05) is 32.7 Å². The maximum Gasteiger partial charge on any atom is 0.239 e. The zero-order valence-electron chi connectivity index (χ0n) is 15.0. The fraction of sp³-hybridized carbons (Fsp3) is 0.632. The second-order valence-corrected chi connectivity index (χ2v) is 6.87. The van der Waals surface area contributed by atoms with Crippen molar-refractivity contribution in [3.05, 3.63) is 24.3 Å². The molecule has 6 heteroatoms. The number of carbonyl (C=O) groups is 1. The van der Waals surface area contributed by atoms with Crippen LogP contribution in [0.3, 0.4) is 0 Å². The lowest BCUT2D eigenvalue weighted by Gasteiger charge is -2.38. The minimum Gasteiger partial charge on any atom is -0.486 e. The van der Waals surface area contributed by atoms with Gasteiger partial charge in [0.15, 0.2) is 11.5 Å². The van der Waals surface area contributed by atoms with Crippen molar-refractivity contribution in [2.75, 3.05) is 39.3 Å². The molecule has 2 N–H and O–H groups in total. The molecule has 3 rings (SSSR count). The highest BCUT2D eigenvalue weighted by Crippen LogP contribution is 2.31. The number of nitrogens with zero attached hydrogens (tertiary/aromatic N) is 2. The molecule has 0 saturated carbocycles. The van der Waals surface area contributed by atoms with Crippen LogP contribution in [-0.2, 0) is 4.79 Å². The average Bonchev–Trinajstić information content (AvgIpc) is 2.66. The maximum absolute atomic E-state index is 12.4. The van der Waals surface area contributed by atoms with Crippen molar-refractivity contribution in [3.8, 4) is 11.5 Å². The van der Waals surface area contributed by atoms with Gasteiger partial charge in [0.05, 0.1) is 6.04 Å². The number of hydrogen-bond acceptors (Lipinski definition) is 5. The molecule has 0 radical (unpaired) electrons. The van der Waals surface area contributed by atoms with Gasteiger partial charge in [-0.1, -0.05) is 31.9 Å². The first-order valence-electron chi connectivity index (χ1n) is 9.32. The molecule has 0 spiro atoms. The topological polar surface area (TPSA) is 68.0 Å². The lowest BCUT2D eigenvalue weighted by atomic mass is 10.1. The maximum atomic E-state index is 12.4. The largest absolute Gasteiger partial charge is 0.486 e.